The van der Waals surface area contributed by atoms with Gasteiger partial charge in [-0.05, 0) is 44.9 Å². The highest BCUT2D eigenvalue weighted by atomic mass is 16.2. The van der Waals surface area contributed by atoms with Gasteiger partial charge in [-0.2, -0.15) is 0 Å². The van der Waals surface area contributed by atoms with E-state index < -0.39 is 0 Å². The van der Waals surface area contributed by atoms with Gasteiger partial charge in [0.25, 0.3) is 0 Å². The molecular weight excluding hydrogens is 286 g/mol. The minimum absolute atomic E-state index is 0.00321. The lowest BCUT2D eigenvalue weighted by atomic mass is 9.97. The molecule has 0 aromatic heterocycles. The van der Waals surface area contributed by atoms with Crippen molar-refractivity contribution in [2.75, 3.05) is 39.3 Å². The first-order chi connectivity index (χ1) is 11.1. The summed E-state index contributed by atoms with van der Waals surface area (Å²) in [5, 5.41) is 3.14. The van der Waals surface area contributed by atoms with Crippen molar-refractivity contribution >= 4 is 5.91 Å². The van der Waals surface area contributed by atoms with Crippen molar-refractivity contribution < 1.29 is 4.79 Å². The van der Waals surface area contributed by atoms with Crippen LogP contribution in [0.3, 0.4) is 0 Å². The molecule has 2 aliphatic rings. The molecule has 1 aliphatic carbocycles. The Hall–Kier alpha value is -0.870. The quantitative estimate of drug-likeness (QED) is 0.732. The maximum atomic E-state index is 12.4. The number of hydrogen-bond donors (Lipinski definition) is 1. The van der Waals surface area contributed by atoms with Crippen molar-refractivity contribution in [1.82, 2.24) is 15.1 Å². The minimum atomic E-state index is -0.00321. The van der Waals surface area contributed by atoms with E-state index in [9.17, 15) is 4.79 Å². The number of hydrogen-bond acceptors (Lipinski definition) is 3. The number of nitrogens with zero attached hydrogens (tertiary/aromatic N) is 2. The van der Waals surface area contributed by atoms with E-state index in [2.05, 4.69) is 35.0 Å². The zero-order valence-electron chi connectivity index (χ0n) is 15.3. The molecule has 1 aliphatic heterocycles. The van der Waals surface area contributed by atoms with E-state index in [1.807, 2.05) is 6.92 Å². The number of nitrogens with one attached hydrogen (secondary N) is 1. The van der Waals surface area contributed by atoms with Crippen molar-refractivity contribution in [3.63, 3.8) is 0 Å². The second kappa shape index (κ2) is 9.43. The van der Waals surface area contributed by atoms with Crippen molar-refractivity contribution in [2.24, 2.45) is 5.92 Å². The Kier molecular flexibility index (Phi) is 7.57. The summed E-state index contributed by atoms with van der Waals surface area (Å²) >= 11 is 0. The summed E-state index contributed by atoms with van der Waals surface area (Å²) in [5.74, 6) is 0.912. The predicted octanol–water partition coefficient (Wildman–Crippen LogP) is 2.66. The average Bonchev–Trinajstić information content (AvgIpc) is 2.55. The summed E-state index contributed by atoms with van der Waals surface area (Å²) < 4.78 is 0. The normalized spacial score (nSPS) is 22.0. The van der Waals surface area contributed by atoms with Crippen molar-refractivity contribution in [3.8, 4) is 0 Å². The monoisotopic (exact) mass is 321 g/mol. The van der Waals surface area contributed by atoms with Gasteiger partial charge in [-0.1, -0.05) is 25.5 Å². The molecule has 0 aromatic rings. The lowest BCUT2D eigenvalue weighted by molar-refractivity contribution is -0.126. The molecule has 0 saturated carbocycles. The first-order valence-corrected chi connectivity index (χ1v) is 9.48. The fourth-order valence-electron chi connectivity index (χ4n) is 3.64. The van der Waals surface area contributed by atoms with Gasteiger partial charge in [-0.25, -0.2) is 0 Å². The molecule has 0 bridgehead atoms. The van der Waals surface area contributed by atoms with Crippen LogP contribution in [0.25, 0.3) is 0 Å². The maximum Gasteiger partial charge on any atom is 0.237 e. The van der Waals surface area contributed by atoms with E-state index in [0.717, 1.165) is 45.1 Å². The zero-order chi connectivity index (χ0) is 16.7. The standard InChI is InChI=1S/C19H35N3O/c1-16(2)15-21-11-13-22(14-12-21)17(3)19(23)20-10-9-18-7-5-4-6-8-18/h7,16-17H,4-6,8-15H2,1-3H3,(H,20,23). The molecule has 1 atom stereocenters. The largest absolute Gasteiger partial charge is 0.354 e. The fourth-order valence-corrected chi connectivity index (χ4v) is 3.64. The van der Waals surface area contributed by atoms with Crippen molar-refractivity contribution in [1.29, 1.82) is 0 Å². The summed E-state index contributed by atoms with van der Waals surface area (Å²) in [6.07, 6.45) is 8.49. The summed E-state index contributed by atoms with van der Waals surface area (Å²) in [6.45, 7) is 12.7. The molecular formula is C19H35N3O. The third kappa shape index (κ3) is 6.27. The number of rotatable bonds is 7. The Morgan fingerprint density at radius 3 is 2.52 bits per heavy atom. The maximum absolute atomic E-state index is 12.4. The van der Waals surface area contributed by atoms with Crippen LogP contribution in [0.2, 0.25) is 0 Å². The third-order valence-corrected chi connectivity index (χ3v) is 5.09. The third-order valence-electron chi connectivity index (χ3n) is 5.09. The molecule has 1 fully saturated rings. The van der Waals surface area contributed by atoms with Gasteiger partial charge < -0.3 is 10.2 Å². The molecule has 1 saturated heterocycles. The smallest absolute Gasteiger partial charge is 0.237 e. The van der Waals surface area contributed by atoms with Crippen LogP contribution in [0, 0.1) is 5.92 Å². The van der Waals surface area contributed by atoms with Crippen LogP contribution in [-0.2, 0) is 4.79 Å². The van der Waals surface area contributed by atoms with Crippen molar-refractivity contribution in [3.05, 3.63) is 11.6 Å². The summed E-state index contributed by atoms with van der Waals surface area (Å²) in [6, 6.07) is -0.00321. The Bertz CT molecular complexity index is 397. The van der Waals surface area contributed by atoms with Gasteiger partial charge in [-0.3, -0.25) is 9.69 Å². The molecule has 0 spiro atoms. The van der Waals surface area contributed by atoms with Crippen LogP contribution < -0.4 is 5.32 Å². The molecule has 2 rings (SSSR count). The van der Waals surface area contributed by atoms with E-state index in [1.54, 1.807) is 0 Å². The summed E-state index contributed by atoms with van der Waals surface area (Å²) in [7, 11) is 0. The van der Waals surface area contributed by atoms with Crippen LogP contribution in [0.5, 0.6) is 0 Å². The molecule has 1 N–H and O–H groups in total. The Morgan fingerprint density at radius 2 is 1.91 bits per heavy atom. The number of amides is 1. The number of piperazine rings is 1. The highest BCUT2D eigenvalue weighted by molar-refractivity contribution is 5.81. The SMILES string of the molecule is CC(C)CN1CCN(C(C)C(=O)NCCC2=CCCCC2)CC1. The molecule has 4 nitrogen and oxygen atoms in total. The highest BCUT2D eigenvalue weighted by Gasteiger charge is 2.25. The van der Waals surface area contributed by atoms with Crippen LogP contribution in [0.15, 0.2) is 11.6 Å². The van der Waals surface area contributed by atoms with Crippen LogP contribution in [0.1, 0.15) is 52.9 Å². The van der Waals surface area contributed by atoms with Gasteiger partial charge in [0.1, 0.15) is 0 Å². The van der Waals surface area contributed by atoms with Gasteiger partial charge in [0, 0.05) is 39.3 Å². The molecule has 1 unspecified atom stereocenters. The lowest BCUT2D eigenvalue weighted by Gasteiger charge is -2.38. The fraction of sp³-hybridized carbons (Fsp3) is 0.842. The van der Waals surface area contributed by atoms with Crippen molar-refractivity contribution in [2.45, 2.75) is 58.9 Å². The first-order valence-electron chi connectivity index (χ1n) is 9.48. The molecule has 4 heteroatoms. The summed E-state index contributed by atoms with van der Waals surface area (Å²) in [4.78, 5) is 17.2. The molecule has 132 valence electrons. The van der Waals surface area contributed by atoms with Gasteiger partial charge >= 0.3 is 0 Å². The van der Waals surface area contributed by atoms with Gasteiger partial charge in [0.15, 0.2) is 0 Å². The van der Waals surface area contributed by atoms with Crippen LogP contribution in [-0.4, -0.2) is 61.0 Å². The van der Waals surface area contributed by atoms with Crippen LogP contribution >= 0.6 is 0 Å². The highest BCUT2D eigenvalue weighted by Crippen LogP contribution is 2.19. The van der Waals surface area contributed by atoms with E-state index >= 15 is 0 Å². The first kappa shape index (κ1) is 18.5. The summed E-state index contributed by atoms with van der Waals surface area (Å²) in [5.41, 5.74) is 1.53. The topological polar surface area (TPSA) is 35.6 Å². The minimum Gasteiger partial charge on any atom is -0.354 e. The molecule has 1 amide bonds. The Morgan fingerprint density at radius 1 is 1.17 bits per heavy atom. The van der Waals surface area contributed by atoms with Gasteiger partial charge in [-0.15, -0.1) is 0 Å². The number of carbonyl (C=O) groups excluding carboxylic acids is 1. The van der Waals surface area contributed by atoms with Gasteiger partial charge in [0.2, 0.25) is 5.91 Å². The second-order valence-corrected chi connectivity index (χ2v) is 7.56. The molecule has 1 heterocycles. The van der Waals surface area contributed by atoms with Crippen LogP contribution in [0.4, 0.5) is 0 Å². The second-order valence-electron chi connectivity index (χ2n) is 7.56. The Balaban J connectivity index is 1.65. The Labute approximate surface area is 142 Å². The molecule has 23 heavy (non-hydrogen) atoms. The molecule has 0 radical (unpaired) electrons. The molecule has 0 aromatic carbocycles. The number of carbonyl (C=O) groups is 1. The lowest BCUT2D eigenvalue weighted by Crippen LogP contribution is -2.54. The van der Waals surface area contributed by atoms with E-state index in [0.29, 0.717) is 0 Å². The van der Waals surface area contributed by atoms with E-state index in [4.69, 9.17) is 0 Å². The zero-order valence-corrected chi connectivity index (χ0v) is 15.3. The predicted molar refractivity (Wildman–Crippen MR) is 96.5 cm³/mol. The number of allylic oxidation sites excluding steroid dienone is 1. The van der Waals surface area contributed by atoms with E-state index in [-0.39, 0.29) is 11.9 Å². The average molecular weight is 322 g/mol. The van der Waals surface area contributed by atoms with Gasteiger partial charge in [0.05, 0.1) is 6.04 Å². The van der Waals surface area contributed by atoms with E-state index in [1.165, 1.54) is 37.8 Å².